The molecule has 1 fully saturated rings. The maximum absolute atomic E-state index is 5.71. The molecule has 17 heavy (non-hydrogen) atoms. The van der Waals surface area contributed by atoms with Crippen LogP contribution in [-0.4, -0.2) is 32.0 Å². The van der Waals surface area contributed by atoms with Crippen molar-refractivity contribution in [2.24, 2.45) is 0 Å². The summed E-state index contributed by atoms with van der Waals surface area (Å²) in [6, 6.07) is 8.09. The third-order valence-corrected chi connectivity index (χ3v) is 2.83. The summed E-state index contributed by atoms with van der Waals surface area (Å²) in [5, 5.41) is 0. The molecule has 0 N–H and O–H groups in total. The Kier molecular flexibility index (Phi) is 4.40. The first-order chi connectivity index (χ1) is 8.28. The molecule has 2 atom stereocenters. The minimum absolute atomic E-state index is 0.153. The first-order valence-electron chi connectivity index (χ1n) is 6.20. The summed E-state index contributed by atoms with van der Waals surface area (Å²) in [5.41, 5.74) is 1.24. The van der Waals surface area contributed by atoms with Crippen LogP contribution in [0.3, 0.4) is 0 Å². The zero-order valence-corrected chi connectivity index (χ0v) is 10.5. The summed E-state index contributed by atoms with van der Waals surface area (Å²) in [5.74, 6) is 0.903. The van der Waals surface area contributed by atoms with E-state index in [1.165, 1.54) is 5.56 Å². The molecule has 94 valence electrons. The van der Waals surface area contributed by atoms with Crippen molar-refractivity contribution in [2.75, 3.05) is 19.8 Å². The number of epoxide rings is 1. The summed E-state index contributed by atoms with van der Waals surface area (Å²) in [7, 11) is 0. The second kappa shape index (κ2) is 6.03. The lowest BCUT2D eigenvalue weighted by Gasteiger charge is -2.16. The van der Waals surface area contributed by atoms with Gasteiger partial charge in [-0.25, -0.2) is 0 Å². The topological polar surface area (TPSA) is 31.0 Å². The van der Waals surface area contributed by atoms with E-state index < -0.39 is 0 Å². The summed E-state index contributed by atoms with van der Waals surface area (Å²) in [6.07, 6.45) is 1.43. The van der Waals surface area contributed by atoms with Gasteiger partial charge in [-0.2, -0.15) is 0 Å². The second-order valence-electron chi connectivity index (χ2n) is 4.44. The molecular formula is C14H20O3. The number of aryl methyl sites for hydroxylation is 1. The predicted octanol–water partition coefficient (Wildman–Crippen LogP) is 2.57. The number of ether oxygens (including phenoxy) is 3. The van der Waals surface area contributed by atoms with Crippen LogP contribution in [0.2, 0.25) is 0 Å². The predicted molar refractivity (Wildman–Crippen MR) is 66.4 cm³/mol. The van der Waals surface area contributed by atoms with Crippen molar-refractivity contribution in [3.05, 3.63) is 29.8 Å². The molecule has 1 heterocycles. The molecule has 2 rings (SSSR count). The van der Waals surface area contributed by atoms with E-state index in [0.717, 1.165) is 18.8 Å². The lowest BCUT2D eigenvalue weighted by atomic mass is 10.2. The Balaban J connectivity index is 1.72. The molecule has 3 nitrogen and oxygen atoms in total. The van der Waals surface area contributed by atoms with Crippen molar-refractivity contribution in [1.29, 1.82) is 0 Å². The molecule has 0 bridgehead atoms. The van der Waals surface area contributed by atoms with Crippen LogP contribution in [0.25, 0.3) is 0 Å². The average Bonchev–Trinajstić information content (AvgIpc) is 3.15. The molecule has 1 aliphatic rings. The summed E-state index contributed by atoms with van der Waals surface area (Å²) in [4.78, 5) is 0. The summed E-state index contributed by atoms with van der Waals surface area (Å²) < 4.78 is 16.5. The van der Waals surface area contributed by atoms with Crippen molar-refractivity contribution in [3.8, 4) is 5.75 Å². The van der Waals surface area contributed by atoms with E-state index >= 15 is 0 Å². The fraction of sp³-hybridized carbons (Fsp3) is 0.571. The summed E-state index contributed by atoms with van der Waals surface area (Å²) >= 11 is 0. The standard InChI is InChI=1S/C14H20O3/c1-3-12(15-9-14-10-17-14)8-16-13-6-4-11(2)5-7-13/h4-7,12,14H,3,8-10H2,1-2H3. The Morgan fingerprint density at radius 2 is 2.06 bits per heavy atom. The van der Waals surface area contributed by atoms with E-state index in [-0.39, 0.29) is 6.10 Å². The van der Waals surface area contributed by atoms with E-state index in [9.17, 15) is 0 Å². The van der Waals surface area contributed by atoms with Gasteiger partial charge in [0.25, 0.3) is 0 Å². The largest absolute Gasteiger partial charge is 0.491 e. The maximum atomic E-state index is 5.71. The van der Waals surface area contributed by atoms with Gasteiger partial charge >= 0.3 is 0 Å². The van der Waals surface area contributed by atoms with Gasteiger partial charge in [-0.05, 0) is 25.5 Å². The Labute approximate surface area is 103 Å². The highest BCUT2D eigenvalue weighted by molar-refractivity contribution is 5.26. The van der Waals surface area contributed by atoms with Crippen molar-refractivity contribution < 1.29 is 14.2 Å². The van der Waals surface area contributed by atoms with Crippen LogP contribution < -0.4 is 4.74 Å². The van der Waals surface area contributed by atoms with Gasteiger partial charge in [0.2, 0.25) is 0 Å². The van der Waals surface area contributed by atoms with Gasteiger partial charge < -0.3 is 14.2 Å². The Morgan fingerprint density at radius 3 is 2.65 bits per heavy atom. The van der Waals surface area contributed by atoms with Crippen LogP contribution in [0.5, 0.6) is 5.75 Å². The van der Waals surface area contributed by atoms with Crippen LogP contribution in [0.1, 0.15) is 18.9 Å². The van der Waals surface area contributed by atoms with Crippen molar-refractivity contribution in [1.82, 2.24) is 0 Å². The molecule has 1 saturated heterocycles. The van der Waals surface area contributed by atoms with Crippen molar-refractivity contribution in [3.63, 3.8) is 0 Å². The van der Waals surface area contributed by atoms with E-state index in [1.54, 1.807) is 0 Å². The first-order valence-corrected chi connectivity index (χ1v) is 6.20. The van der Waals surface area contributed by atoms with Crippen molar-refractivity contribution >= 4 is 0 Å². The Hall–Kier alpha value is -1.06. The molecule has 1 aliphatic heterocycles. The molecule has 0 aliphatic carbocycles. The van der Waals surface area contributed by atoms with E-state index in [4.69, 9.17) is 14.2 Å². The Bertz CT molecular complexity index is 330. The first kappa shape index (κ1) is 12.4. The van der Waals surface area contributed by atoms with Gasteiger partial charge in [-0.3, -0.25) is 0 Å². The highest BCUT2D eigenvalue weighted by Crippen LogP contribution is 2.14. The van der Waals surface area contributed by atoms with E-state index in [1.807, 2.05) is 12.1 Å². The van der Waals surface area contributed by atoms with Gasteiger partial charge in [0.15, 0.2) is 0 Å². The molecule has 3 heteroatoms. The van der Waals surface area contributed by atoms with Crippen LogP contribution in [0.15, 0.2) is 24.3 Å². The number of hydrogen-bond donors (Lipinski definition) is 0. The lowest BCUT2D eigenvalue weighted by molar-refractivity contribution is 0.0107. The van der Waals surface area contributed by atoms with Gasteiger partial charge in [0.05, 0.1) is 19.3 Å². The van der Waals surface area contributed by atoms with Crippen LogP contribution in [-0.2, 0) is 9.47 Å². The Morgan fingerprint density at radius 1 is 1.35 bits per heavy atom. The molecule has 0 spiro atoms. The molecular weight excluding hydrogens is 216 g/mol. The van der Waals surface area contributed by atoms with E-state index in [2.05, 4.69) is 26.0 Å². The zero-order valence-electron chi connectivity index (χ0n) is 10.5. The number of benzene rings is 1. The maximum Gasteiger partial charge on any atom is 0.119 e. The fourth-order valence-electron chi connectivity index (χ4n) is 1.52. The molecule has 0 saturated carbocycles. The normalized spacial score (nSPS) is 20.0. The lowest BCUT2D eigenvalue weighted by Crippen LogP contribution is -2.23. The van der Waals surface area contributed by atoms with Crippen LogP contribution >= 0.6 is 0 Å². The van der Waals surface area contributed by atoms with Gasteiger partial charge in [-0.1, -0.05) is 24.6 Å². The zero-order chi connectivity index (χ0) is 12.1. The highest BCUT2D eigenvalue weighted by atomic mass is 16.6. The quantitative estimate of drug-likeness (QED) is 0.682. The minimum Gasteiger partial charge on any atom is -0.491 e. The second-order valence-corrected chi connectivity index (χ2v) is 4.44. The third kappa shape index (κ3) is 4.36. The molecule has 0 radical (unpaired) electrons. The molecule has 2 unspecified atom stereocenters. The van der Waals surface area contributed by atoms with Crippen molar-refractivity contribution in [2.45, 2.75) is 32.5 Å². The minimum atomic E-state index is 0.153. The molecule has 0 aromatic heterocycles. The monoisotopic (exact) mass is 236 g/mol. The highest BCUT2D eigenvalue weighted by Gasteiger charge is 2.24. The van der Waals surface area contributed by atoms with E-state index in [0.29, 0.717) is 19.3 Å². The molecule has 1 aromatic rings. The average molecular weight is 236 g/mol. The number of hydrogen-bond acceptors (Lipinski definition) is 3. The van der Waals surface area contributed by atoms with Gasteiger partial charge in [0, 0.05) is 0 Å². The molecule has 0 amide bonds. The smallest absolute Gasteiger partial charge is 0.119 e. The van der Waals surface area contributed by atoms with Gasteiger partial charge in [-0.15, -0.1) is 0 Å². The fourth-order valence-corrected chi connectivity index (χ4v) is 1.52. The SMILES string of the molecule is CCC(COc1ccc(C)cc1)OCC1CO1. The molecule has 1 aromatic carbocycles. The van der Waals surface area contributed by atoms with Crippen LogP contribution in [0.4, 0.5) is 0 Å². The van der Waals surface area contributed by atoms with Crippen LogP contribution in [0, 0.1) is 6.92 Å². The van der Waals surface area contributed by atoms with Gasteiger partial charge in [0.1, 0.15) is 18.5 Å². The summed E-state index contributed by atoms with van der Waals surface area (Å²) in [6.45, 7) is 6.31. The third-order valence-electron chi connectivity index (χ3n) is 2.83. The number of rotatable bonds is 7.